The molecule has 1 aliphatic rings. The van der Waals surface area contributed by atoms with E-state index in [-0.39, 0.29) is 18.2 Å². The first-order valence-electron chi connectivity index (χ1n) is 6.87. The van der Waals surface area contributed by atoms with Crippen LogP contribution in [0.4, 0.5) is 5.69 Å². The molecule has 4 heteroatoms. The summed E-state index contributed by atoms with van der Waals surface area (Å²) in [6.45, 7) is 7.50. The maximum Gasteiger partial charge on any atom is 0.299 e. The number of Topliss-reactive ketones (excluding diaryl/α,β-unsaturated/α-hetero) is 2. The molecule has 1 aromatic rings. The molecule has 0 saturated carbocycles. The standard InChI is InChI=1S/C16H19NO3/c1-5-10(3)13(18)8-17-14-11(4)6-9(2)7-12(14)15(19)16(17)20/h6-7,10H,5,8H2,1-4H3. The number of nitrogens with zero attached hydrogens (tertiary/aromatic N) is 1. The number of aryl methyl sites for hydroxylation is 2. The van der Waals surface area contributed by atoms with Gasteiger partial charge in [-0.05, 0) is 37.5 Å². The Morgan fingerprint density at radius 3 is 2.50 bits per heavy atom. The summed E-state index contributed by atoms with van der Waals surface area (Å²) in [4.78, 5) is 37.5. The summed E-state index contributed by atoms with van der Waals surface area (Å²) in [7, 11) is 0. The number of hydrogen-bond donors (Lipinski definition) is 0. The second-order valence-corrected chi connectivity index (χ2v) is 5.47. The lowest BCUT2D eigenvalue weighted by molar-refractivity contribution is -0.123. The third-order valence-corrected chi connectivity index (χ3v) is 3.87. The van der Waals surface area contributed by atoms with Crippen LogP contribution in [0.25, 0.3) is 0 Å². The highest BCUT2D eigenvalue weighted by Gasteiger charge is 2.38. The minimum Gasteiger partial charge on any atom is -0.297 e. The number of carbonyl (C=O) groups is 3. The van der Waals surface area contributed by atoms with Crippen LogP contribution in [-0.4, -0.2) is 24.0 Å². The molecule has 0 aliphatic carbocycles. The summed E-state index contributed by atoms with van der Waals surface area (Å²) in [5.74, 6) is -1.22. The predicted molar refractivity (Wildman–Crippen MR) is 77.1 cm³/mol. The van der Waals surface area contributed by atoms with Gasteiger partial charge in [-0.25, -0.2) is 0 Å². The smallest absolute Gasteiger partial charge is 0.297 e. The molecule has 1 heterocycles. The number of amides is 1. The van der Waals surface area contributed by atoms with Crippen molar-refractivity contribution in [2.45, 2.75) is 34.1 Å². The van der Waals surface area contributed by atoms with Crippen molar-refractivity contribution in [1.82, 2.24) is 0 Å². The zero-order chi connectivity index (χ0) is 15.0. The van der Waals surface area contributed by atoms with Crippen molar-refractivity contribution in [3.63, 3.8) is 0 Å². The van der Waals surface area contributed by atoms with Gasteiger partial charge in [0.25, 0.3) is 11.7 Å². The SMILES string of the molecule is CCC(C)C(=O)CN1C(=O)C(=O)c2cc(C)cc(C)c21. The number of rotatable bonds is 4. The van der Waals surface area contributed by atoms with Crippen molar-refractivity contribution in [2.24, 2.45) is 5.92 Å². The molecular weight excluding hydrogens is 254 g/mol. The number of carbonyl (C=O) groups excluding carboxylic acids is 3. The maximum atomic E-state index is 12.1. The van der Waals surface area contributed by atoms with Crippen LogP contribution >= 0.6 is 0 Å². The molecule has 2 rings (SSSR count). The van der Waals surface area contributed by atoms with Gasteiger partial charge in [0.2, 0.25) is 0 Å². The number of hydrogen-bond acceptors (Lipinski definition) is 3. The molecule has 0 spiro atoms. The second kappa shape index (κ2) is 5.19. The summed E-state index contributed by atoms with van der Waals surface area (Å²) in [6, 6.07) is 3.64. The Balaban J connectivity index is 2.41. The van der Waals surface area contributed by atoms with Gasteiger partial charge in [-0.3, -0.25) is 19.3 Å². The van der Waals surface area contributed by atoms with Crippen LogP contribution in [0.5, 0.6) is 0 Å². The number of fused-ring (bicyclic) bond motifs is 1. The molecule has 0 saturated heterocycles. The van der Waals surface area contributed by atoms with Gasteiger partial charge in [-0.1, -0.05) is 19.9 Å². The molecule has 0 N–H and O–H groups in total. The molecule has 20 heavy (non-hydrogen) atoms. The Morgan fingerprint density at radius 1 is 1.25 bits per heavy atom. The van der Waals surface area contributed by atoms with Crippen molar-refractivity contribution < 1.29 is 14.4 Å². The van der Waals surface area contributed by atoms with Crippen molar-refractivity contribution >= 4 is 23.2 Å². The lowest BCUT2D eigenvalue weighted by Gasteiger charge is -2.19. The van der Waals surface area contributed by atoms with E-state index in [9.17, 15) is 14.4 Å². The minimum absolute atomic E-state index is 0.0125. The van der Waals surface area contributed by atoms with E-state index in [0.717, 1.165) is 17.5 Å². The van der Waals surface area contributed by atoms with Crippen molar-refractivity contribution in [3.05, 3.63) is 28.8 Å². The van der Waals surface area contributed by atoms with Gasteiger partial charge < -0.3 is 0 Å². The second-order valence-electron chi connectivity index (χ2n) is 5.47. The van der Waals surface area contributed by atoms with Crippen LogP contribution in [0.1, 0.15) is 41.8 Å². The first-order chi connectivity index (χ1) is 9.36. The topological polar surface area (TPSA) is 54.5 Å². The van der Waals surface area contributed by atoms with E-state index in [1.54, 1.807) is 6.07 Å². The van der Waals surface area contributed by atoms with Crippen molar-refractivity contribution in [2.75, 3.05) is 11.4 Å². The average Bonchev–Trinajstić information content (AvgIpc) is 2.63. The zero-order valence-electron chi connectivity index (χ0n) is 12.3. The molecule has 1 aliphatic heterocycles. The Bertz CT molecular complexity index is 604. The van der Waals surface area contributed by atoms with E-state index in [2.05, 4.69) is 0 Å². The highest BCUT2D eigenvalue weighted by Crippen LogP contribution is 2.33. The summed E-state index contributed by atoms with van der Waals surface area (Å²) < 4.78 is 0. The molecule has 0 fully saturated rings. The molecule has 0 radical (unpaired) electrons. The van der Waals surface area contributed by atoms with Gasteiger partial charge in [-0.2, -0.15) is 0 Å². The predicted octanol–water partition coefficient (Wildman–Crippen LogP) is 2.45. The number of ketones is 2. The van der Waals surface area contributed by atoms with Crippen LogP contribution in [-0.2, 0) is 9.59 Å². The molecule has 1 atom stereocenters. The van der Waals surface area contributed by atoms with Gasteiger partial charge in [0.15, 0.2) is 5.78 Å². The lowest BCUT2D eigenvalue weighted by atomic mass is 10.0. The molecule has 0 aromatic heterocycles. The van der Waals surface area contributed by atoms with Gasteiger partial charge >= 0.3 is 0 Å². The summed E-state index contributed by atoms with van der Waals surface area (Å²) in [5.41, 5.74) is 2.82. The van der Waals surface area contributed by atoms with Gasteiger partial charge in [0.1, 0.15) is 0 Å². The summed E-state index contributed by atoms with van der Waals surface area (Å²) in [6.07, 6.45) is 0.731. The summed E-state index contributed by atoms with van der Waals surface area (Å²) in [5, 5.41) is 0. The first-order valence-corrected chi connectivity index (χ1v) is 6.87. The normalized spacial score (nSPS) is 15.5. The molecule has 1 unspecified atom stereocenters. The largest absolute Gasteiger partial charge is 0.299 e. The van der Waals surface area contributed by atoms with Crippen molar-refractivity contribution in [3.8, 4) is 0 Å². The Morgan fingerprint density at radius 2 is 1.90 bits per heavy atom. The van der Waals surface area contributed by atoms with Crippen LogP contribution < -0.4 is 4.90 Å². The maximum absolute atomic E-state index is 12.1. The van der Waals surface area contributed by atoms with Gasteiger partial charge in [-0.15, -0.1) is 0 Å². The summed E-state index contributed by atoms with van der Waals surface area (Å²) >= 11 is 0. The highest BCUT2D eigenvalue weighted by molar-refractivity contribution is 6.52. The van der Waals surface area contributed by atoms with Crippen LogP contribution in [0.2, 0.25) is 0 Å². The quantitative estimate of drug-likeness (QED) is 0.792. The average molecular weight is 273 g/mol. The van der Waals surface area contributed by atoms with Crippen molar-refractivity contribution in [1.29, 1.82) is 0 Å². The monoisotopic (exact) mass is 273 g/mol. The Kier molecular flexibility index (Phi) is 3.75. The Hall–Kier alpha value is -1.97. The van der Waals surface area contributed by atoms with Crippen LogP contribution in [0.15, 0.2) is 12.1 Å². The molecule has 106 valence electrons. The highest BCUT2D eigenvalue weighted by atomic mass is 16.2. The molecular formula is C16H19NO3. The van der Waals surface area contributed by atoms with E-state index >= 15 is 0 Å². The first kappa shape index (κ1) is 14.4. The fraction of sp³-hybridized carbons (Fsp3) is 0.438. The van der Waals surface area contributed by atoms with Crippen LogP contribution in [0, 0.1) is 19.8 Å². The fourth-order valence-electron chi connectivity index (χ4n) is 2.52. The molecule has 1 amide bonds. The van der Waals surface area contributed by atoms with E-state index in [4.69, 9.17) is 0 Å². The Labute approximate surface area is 118 Å². The molecule has 4 nitrogen and oxygen atoms in total. The number of benzene rings is 1. The van der Waals surface area contributed by atoms with E-state index in [1.165, 1.54) is 4.90 Å². The van der Waals surface area contributed by atoms with Crippen LogP contribution in [0.3, 0.4) is 0 Å². The van der Waals surface area contributed by atoms with E-state index in [1.807, 2.05) is 33.8 Å². The molecule has 0 bridgehead atoms. The van der Waals surface area contributed by atoms with E-state index in [0.29, 0.717) is 11.3 Å². The minimum atomic E-state index is -0.592. The fourth-order valence-corrected chi connectivity index (χ4v) is 2.52. The third-order valence-electron chi connectivity index (χ3n) is 3.87. The molecule has 1 aromatic carbocycles. The third kappa shape index (κ3) is 2.26. The van der Waals surface area contributed by atoms with E-state index < -0.39 is 11.7 Å². The number of anilines is 1. The lowest BCUT2D eigenvalue weighted by Crippen LogP contribution is -2.36. The van der Waals surface area contributed by atoms with Gasteiger partial charge in [0, 0.05) is 5.92 Å². The zero-order valence-corrected chi connectivity index (χ0v) is 12.3. The van der Waals surface area contributed by atoms with Gasteiger partial charge in [0.05, 0.1) is 17.8 Å².